The lowest BCUT2D eigenvalue weighted by molar-refractivity contribution is -0.162. The molecule has 0 bridgehead atoms. The highest BCUT2D eigenvalue weighted by atomic mass is 32.1. The SMILES string of the molecule is CCCCOC(=O)C1(C(=O)Nc2cc(C(N)=O)c(NC(N)=O)s2)CCCCC1. The van der Waals surface area contributed by atoms with Crippen molar-refractivity contribution in [2.75, 3.05) is 17.2 Å². The van der Waals surface area contributed by atoms with Gasteiger partial charge in [-0.2, -0.15) is 0 Å². The second kappa shape index (κ2) is 9.54. The highest BCUT2D eigenvalue weighted by Gasteiger charge is 2.48. The van der Waals surface area contributed by atoms with Crippen LogP contribution >= 0.6 is 11.3 Å². The van der Waals surface area contributed by atoms with Gasteiger partial charge in [0.15, 0.2) is 0 Å². The molecule has 1 aromatic heterocycles. The van der Waals surface area contributed by atoms with E-state index in [1.54, 1.807) is 0 Å². The van der Waals surface area contributed by atoms with E-state index in [1.807, 2.05) is 6.92 Å². The number of anilines is 2. The summed E-state index contributed by atoms with van der Waals surface area (Å²) in [4.78, 5) is 48.4. The van der Waals surface area contributed by atoms with Crippen molar-refractivity contribution in [3.05, 3.63) is 11.6 Å². The number of amides is 4. The van der Waals surface area contributed by atoms with Crippen LogP contribution in [0.3, 0.4) is 0 Å². The molecule has 1 saturated carbocycles. The largest absolute Gasteiger partial charge is 0.465 e. The Labute approximate surface area is 167 Å². The van der Waals surface area contributed by atoms with E-state index < -0.39 is 29.2 Å². The first-order valence-corrected chi connectivity index (χ1v) is 10.1. The van der Waals surface area contributed by atoms with Crippen molar-refractivity contribution >= 4 is 45.2 Å². The van der Waals surface area contributed by atoms with Crippen molar-refractivity contribution in [1.82, 2.24) is 0 Å². The molecule has 4 amide bonds. The lowest BCUT2D eigenvalue weighted by Crippen LogP contribution is -2.45. The maximum atomic E-state index is 13.0. The first kappa shape index (κ1) is 21.7. The smallest absolute Gasteiger partial charge is 0.321 e. The molecule has 1 fully saturated rings. The number of primary amides is 2. The quantitative estimate of drug-likeness (QED) is 0.295. The predicted molar refractivity (Wildman–Crippen MR) is 106 cm³/mol. The number of ether oxygens (including phenoxy) is 1. The molecule has 6 N–H and O–H groups in total. The second-order valence-electron chi connectivity index (χ2n) is 6.79. The fourth-order valence-electron chi connectivity index (χ4n) is 3.20. The number of unbranched alkanes of at least 4 members (excludes halogenated alkanes) is 1. The van der Waals surface area contributed by atoms with Crippen LogP contribution in [0.2, 0.25) is 0 Å². The van der Waals surface area contributed by atoms with Crippen molar-refractivity contribution in [2.45, 2.75) is 51.9 Å². The lowest BCUT2D eigenvalue weighted by atomic mass is 9.73. The van der Waals surface area contributed by atoms with Crippen LogP contribution in [0.25, 0.3) is 0 Å². The zero-order valence-corrected chi connectivity index (χ0v) is 16.7. The Hall–Kier alpha value is -2.62. The Kier molecular flexibility index (Phi) is 7.38. The number of nitrogens with one attached hydrogen (secondary N) is 2. The van der Waals surface area contributed by atoms with E-state index in [2.05, 4.69) is 10.6 Å². The Morgan fingerprint density at radius 3 is 2.39 bits per heavy atom. The molecule has 0 atom stereocenters. The van der Waals surface area contributed by atoms with Gasteiger partial charge in [0.1, 0.15) is 10.4 Å². The van der Waals surface area contributed by atoms with Crippen LogP contribution in [0, 0.1) is 5.41 Å². The van der Waals surface area contributed by atoms with E-state index in [0.29, 0.717) is 12.8 Å². The summed E-state index contributed by atoms with van der Waals surface area (Å²) in [6.07, 6.45) is 4.89. The molecule has 154 valence electrons. The van der Waals surface area contributed by atoms with E-state index in [4.69, 9.17) is 16.2 Å². The molecule has 0 unspecified atom stereocenters. The molecule has 1 aliphatic carbocycles. The molecule has 0 radical (unpaired) electrons. The summed E-state index contributed by atoms with van der Waals surface area (Å²) in [6.45, 7) is 2.27. The molecule has 9 nitrogen and oxygen atoms in total. The predicted octanol–water partition coefficient (Wildman–Crippen LogP) is 2.57. The van der Waals surface area contributed by atoms with Gasteiger partial charge in [0, 0.05) is 0 Å². The minimum absolute atomic E-state index is 0.0299. The van der Waals surface area contributed by atoms with E-state index in [-0.39, 0.29) is 22.2 Å². The van der Waals surface area contributed by atoms with Crippen LogP contribution in [-0.2, 0) is 14.3 Å². The van der Waals surface area contributed by atoms with Gasteiger partial charge in [0.2, 0.25) is 5.91 Å². The molecule has 2 rings (SSSR count). The zero-order chi connectivity index (χ0) is 20.7. The third kappa shape index (κ3) is 5.00. The Balaban J connectivity index is 2.22. The van der Waals surface area contributed by atoms with Gasteiger partial charge in [0.25, 0.3) is 5.91 Å². The monoisotopic (exact) mass is 410 g/mol. The average Bonchev–Trinajstić information content (AvgIpc) is 3.04. The summed E-state index contributed by atoms with van der Waals surface area (Å²) in [5.41, 5.74) is 9.18. The average molecular weight is 410 g/mol. The number of thiophene rings is 1. The third-order valence-corrected chi connectivity index (χ3v) is 5.70. The maximum Gasteiger partial charge on any atom is 0.321 e. The Morgan fingerprint density at radius 1 is 1.14 bits per heavy atom. The van der Waals surface area contributed by atoms with Gasteiger partial charge in [-0.15, -0.1) is 0 Å². The minimum Gasteiger partial charge on any atom is -0.465 e. The van der Waals surface area contributed by atoms with E-state index in [0.717, 1.165) is 43.4 Å². The summed E-state index contributed by atoms with van der Waals surface area (Å²) in [5, 5.41) is 5.42. The lowest BCUT2D eigenvalue weighted by Gasteiger charge is -2.33. The fraction of sp³-hybridized carbons (Fsp3) is 0.556. The van der Waals surface area contributed by atoms with Crippen LogP contribution in [0.5, 0.6) is 0 Å². The van der Waals surface area contributed by atoms with Crippen molar-refractivity contribution in [3.8, 4) is 0 Å². The van der Waals surface area contributed by atoms with Crippen LogP contribution < -0.4 is 22.1 Å². The van der Waals surface area contributed by atoms with Crippen molar-refractivity contribution in [3.63, 3.8) is 0 Å². The van der Waals surface area contributed by atoms with Crippen molar-refractivity contribution in [1.29, 1.82) is 0 Å². The normalized spacial score (nSPS) is 15.5. The summed E-state index contributed by atoms with van der Waals surface area (Å²) in [7, 11) is 0. The zero-order valence-electron chi connectivity index (χ0n) is 15.8. The minimum atomic E-state index is -1.25. The number of nitrogens with two attached hydrogens (primary N) is 2. The molecular formula is C18H26N4O5S. The van der Waals surface area contributed by atoms with Crippen LogP contribution in [0.4, 0.5) is 14.8 Å². The number of carbonyl (C=O) groups is 4. The Morgan fingerprint density at radius 2 is 1.82 bits per heavy atom. The van der Waals surface area contributed by atoms with Gasteiger partial charge in [-0.3, -0.25) is 19.7 Å². The number of rotatable bonds is 8. The summed E-state index contributed by atoms with van der Waals surface area (Å²) < 4.78 is 5.36. The molecule has 1 aromatic rings. The molecule has 0 spiro atoms. The van der Waals surface area contributed by atoms with Gasteiger partial charge in [-0.25, -0.2) is 4.79 Å². The van der Waals surface area contributed by atoms with Crippen LogP contribution in [-0.4, -0.2) is 30.4 Å². The summed E-state index contributed by atoms with van der Waals surface area (Å²) in [5.74, 6) is -1.76. The summed E-state index contributed by atoms with van der Waals surface area (Å²) in [6, 6.07) is 0.500. The molecule has 1 aliphatic rings. The van der Waals surface area contributed by atoms with Crippen LogP contribution in [0.1, 0.15) is 62.2 Å². The number of esters is 1. The van der Waals surface area contributed by atoms with Gasteiger partial charge in [0.05, 0.1) is 17.2 Å². The third-order valence-electron chi connectivity index (χ3n) is 4.73. The molecule has 0 aromatic carbocycles. The molecule has 1 heterocycles. The van der Waals surface area contributed by atoms with E-state index >= 15 is 0 Å². The second-order valence-corrected chi connectivity index (χ2v) is 7.85. The molecule has 0 aliphatic heterocycles. The van der Waals surface area contributed by atoms with E-state index in [1.165, 1.54) is 6.07 Å². The standard InChI is InChI=1S/C18H26N4O5S/c1-2-3-9-27-16(25)18(7-5-4-6-8-18)15(24)21-12-10-11(13(19)23)14(28-12)22-17(20)26/h10H,2-9H2,1H3,(H2,19,23)(H,21,24)(H3,20,22,26). The molecule has 10 heteroatoms. The van der Waals surface area contributed by atoms with Gasteiger partial charge >= 0.3 is 12.0 Å². The first-order chi connectivity index (χ1) is 13.3. The van der Waals surface area contributed by atoms with E-state index in [9.17, 15) is 19.2 Å². The fourth-order valence-corrected chi connectivity index (χ4v) is 4.16. The van der Waals surface area contributed by atoms with Crippen molar-refractivity contribution < 1.29 is 23.9 Å². The molecule has 28 heavy (non-hydrogen) atoms. The van der Waals surface area contributed by atoms with Gasteiger partial charge < -0.3 is 21.5 Å². The first-order valence-electron chi connectivity index (χ1n) is 9.29. The topological polar surface area (TPSA) is 154 Å². The maximum absolute atomic E-state index is 13.0. The van der Waals surface area contributed by atoms with Crippen LogP contribution in [0.15, 0.2) is 6.07 Å². The number of urea groups is 1. The van der Waals surface area contributed by atoms with Gasteiger partial charge in [-0.05, 0) is 25.3 Å². The summed E-state index contributed by atoms with van der Waals surface area (Å²) >= 11 is 0.944. The van der Waals surface area contributed by atoms with Gasteiger partial charge in [-0.1, -0.05) is 43.9 Å². The number of hydrogen-bond donors (Lipinski definition) is 4. The highest BCUT2D eigenvalue weighted by Crippen LogP contribution is 2.40. The van der Waals surface area contributed by atoms with Crippen molar-refractivity contribution in [2.24, 2.45) is 16.9 Å². The number of hydrogen-bond acceptors (Lipinski definition) is 6. The number of carbonyl (C=O) groups excluding carboxylic acids is 4. The Bertz CT molecular complexity index is 755. The highest BCUT2D eigenvalue weighted by molar-refractivity contribution is 7.20. The molecule has 0 saturated heterocycles. The molecular weight excluding hydrogens is 384 g/mol.